The highest BCUT2D eigenvalue weighted by Gasteiger charge is 2.39. The lowest BCUT2D eigenvalue weighted by molar-refractivity contribution is -0.140. The molecular weight excluding hydrogens is 414 g/mol. The van der Waals surface area contributed by atoms with E-state index in [0.717, 1.165) is 35.4 Å². The average molecular weight is 438 g/mol. The summed E-state index contributed by atoms with van der Waals surface area (Å²) in [5, 5.41) is 3.90. The molecule has 1 aliphatic carbocycles. The van der Waals surface area contributed by atoms with Crippen molar-refractivity contribution in [1.29, 1.82) is 0 Å². The fourth-order valence-corrected chi connectivity index (χ4v) is 4.32. The van der Waals surface area contributed by atoms with Crippen LogP contribution in [0.1, 0.15) is 43.2 Å². The van der Waals surface area contributed by atoms with Crippen molar-refractivity contribution < 1.29 is 19.1 Å². The van der Waals surface area contributed by atoms with E-state index in [1.165, 1.54) is 0 Å². The molecule has 0 bridgehead atoms. The van der Waals surface area contributed by atoms with Gasteiger partial charge in [-0.2, -0.15) is 0 Å². The number of methoxy groups -OCH3 is 1. The minimum atomic E-state index is -0.468. The number of ether oxygens (including phenoxy) is 2. The smallest absolute Gasteiger partial charge is 0.337 e. The minimum Gasteiger partial charge on any atom is -0.497 e. The largest absolute Gasteiger partial charge is 0.497 e. The third kappa shape index (κ3) is 4.37. The van der Waals surface area contributed by atoms with Crippen molar-refractivity contribution >= 4 is 23.4 Å². The quantitative estimate of drug-likeness (QED) is 0.662. The highest BCUT2D eigenvalue weighted by atomic mass is 35.5. The van der Waals surface area contributed by atoms with Crippen LogP contribution in [-0.4, -0.2) is 18.9 Å². The van der Waals surface area contributed by atoms with Gasteiger partial charge >= 0.3 is 5.97 Å². The first-order valence-corrected chi connectivity index (χ1v) is 10.6. The van der Waals surface area contributed by atoms with Crippen LogP contribution in [0, 0.1) is 0 Å². The Kier molecular flexibility index (Phi) is 6.14. The Labute approximate surface area is 186 Å². The summed E-state index contributed by atoms with van der Waals surface area (Å²) < 4.78 is 10.8. The lowest BCUT2D eigenvalue weighted by Crippen LogP contribution is -2.34. The van der Waals surface area contributed by atoms with Crippen LogP contribution in [0.25, 0.3) is 0 Å². The lowest BCUT2D eigenvalue weighted by atomic mass is 9.75. The molecule has 1 atom stereocenters. The van der Waals surface area contributed by atoms with E-state index in [1.54, 1.807) is 19.2 Å². The number of esters is 1. The molecule has 2 aromatic carbocycles. The van der Waals surface area contributed by atoms with Crippen LogP contribution >= 0.6 is 11.6 Å². The van der Waals surface area contributed by atoms with Crippen LogP contribution in [0.3, 0.4) is 0 Å². The second-order valence-corrected chi connectivity index (χ2v) is 8.18. The molecular formula is C25H24ClNO4. The lowest BCUT2D eigenvalue weighted by Gasteiger charge is -2.34. The van der Waals surface area contributed by atoms with Crippen LogP contribution < -0.4 is 10.1 Å². The number of carbonyl (C=O) groups excluding carboxylic acids is 2. The van der Waals surface area contributed by atoms with Gasteiger partial charge in [0.25, 0.3) is 0 Å². The zero-order valence-electron chi connectivity index (χ0n) is 17.5. The predicted molar refractivity (Wildman–Crippen MR) is 119 cm³/mol. The summed E-state index contributed by atoms with van der Waals surface area (Å²) >= 11 is 6.08. The highest BCUT2D eigenvalue weighted by Crippen LogP contribution is 2.42. The number of benzene rings is 2. The summed E-state index contributed by atoms with van der Waals surface area (Å²) in [6.45, 7) is 1.99. The molecule has 0 saturated carbocycles. The topological polar surface area (TPSA) is 64.6 Å². The molecule has 1 heterocycles. The van der Waals surface area contributed by atoms with E-state index in [4.69, 9.17) is 21.1 Å². The number of ketones is 1. The number of hydrogen-bond acceptors (Lipinski definition) is 5. The zero-order valence-corrected chi connectivity index (χ0v) is 18.3. The van der Waals surface area contributed by atoms with Gasteiger partial charge in [-0.25, -0.2) is 4.79 Å². The number of Topliss-reactive ketones (excluding diaryl/α,β-unsaturated/α-hetero) is 1. The molecule has 160 valence electrons. The standard InChI is InChI=1S/C25H24ClNO4/c1-15-22(25(29)31-14-16-6-12-19(30-2)13-7-16)23(17-8-10-18(26)11-9-17)24-20(27-15)4-3-5-21(24)28/h6-13,23,27H,3-5,14H2,1-2H3/t23-/m0/s1. The summed E-state index contributed by atoms with van der Waals surface area (Å²) in [6, 6.07) is 14.7. The number of hydrogen-bond donors (Lipinski definition) is 1. The van der Waals surface area contributed by atoms with Gasteiger partial charge in [0.2, 0.25) is 0 Å². The molecule has 31 heavy (non-hydrogen) atoms. The van der Waals surface area contributed by atoms with Gasteiger partial charge in [0.05, 0.1) is 12.7 Å². The SMILES string of the molecule is COc1ccc(COC(=O)C2=C(C)NC3=C(C(=O)CCC3)[C@H]2c2ccc(Cl)cc2)cc1. The van der Waals surface area contributed by atoms with Crippen LogP contribution in [-0.2, 0) is 20.9 Å². The van der Waals surface area contributed by atoms with Gasteiger partial charge in [-0.1, -0.05) is 35.9 Å². The van der Waals surface area contributed by atoms with Crippen molar-refractivity contribution in [2.24, 2.45) is 0 Å². The average Bonchev–Trinajstić information content (AvgIpc) is 2.77. The van der Waals surface area contributed by atoms with Gasteiger partial charge in [-0.05, 0) is 55.2 Å². The summed E-state index contributed by atoms with van der Waals surface area (Å²) in [7, 11) is 1.60. The molecule has 6 heteroatoms. The third-order valence-electron chi connectivity index (χ3n) is 5.73. The van der Waals surface area contributed by atoms with Gasteiger partial charge in [0.1, 0.15) is 12.4 Å². The van der Waals surface area contributed by atoms with Crippen LogP contribution in [0.4, 0.5) is 0 Å². The van der Waals surface area contributed by atoms with Crippen molar-refractivity contribution in [3.05, 3.63) is 87.2 Å². The Hall–Kier alpha value is -3.05. The second kappa shape index (κ2) is 8.98. The van der Waals surface area contributed by atoms with Gasteiger partial charge in [0, 0.05) is 34.3 Å². The van der Waals surface area contributed by atoms with E-state index in [0.29, 0.717) is 28.3 Å². The minimum absolute atomic E-state index is 0.0710. The maximum atomic E-state index is 13.2. The maximum absolute atomic E-state index is 13.2. The van der Waals surface area contributed by atoms with Crippen molar-refractivity contribution in [2.45, 2.75) is 38.7 Å². The molecule has 0 aromatic heterocycles. The van der Waals surface area contributed by atoms with E-state index >= 15 is 0 Å². The van der Waals surface area contributed by atoms with Crippen molar-refractivity contribution in [1.82, 2.24) is 5.32 Å². The number of allylic oxidation sites excluding steroid dienone is 3. The van der Waals surface area contributed by atoms with Crippen LogP contribution in [0.5, 0.6) is 5.75 Å². The van der Waals surface area contributed by atoms with Crippen LogP contribution in [0.2, 0.25) is 5.02 Å². The first-order valence-electron chi connectivity index (χ1n) is 10.3. The predicted octanol–water partition coefficient (Wildman–Crippen LogP) is 5.06. The molecule has 5 nitrogen and oxygen atoms in total. The molecule has 0 radical (unpaired) electrons. The van der Waals surface area contributed by atoms with E-state index in [1.807, 2.05) is 43.3 Å². The molecule has 0 amide bonds. The Morgan fingerprint density at radius 1 is 1.10 bits per heavy atom. The number of rotatable bonds is 5. The summed E-state index contributed by atoms with van der Waals surface area (Å²) in [6.07, 6.45) is 2.08. The number of halogens is 1. The number of dihydropyridines is 1. The molecule has 4 rings (SSSR count). The van der Waals surface area contributed by atoms with E-state index in [-0.39, 0.29) is 12.4 Å². The third-order valence-corrected chi connectivity index (χ3v) is 5.98. The molecule has 2 aromatic rings. The molecule has 2 aliphatic rings. The van der Waals surface area contributed by atoms with Gasteiger partial charge in [0.15, 0.2) is 5.78 Å². The molecule has 0 unspecified atom stereocenters. The normalized spacial score (nSPS) is 18.4. The van der Waals surface area contributed by atoms with Crippen molar-refractivity contribution in [3.8, 4) is 5.75 Å². The van der Waals surface area contributed by atoms with Crippen LogP contribution in [0.15, 0.2) is 71.1 Å². The highest BCUT2D eigenvalue weighted by molar-refractivity contribution is 6.30. The fraction of sp³-hybridized carbons (Fsp3) is 0.280. The summed E-state index contributed by atoms with van der Waals surface area (Å²) in [5.74, 6) is -0.0970. The van der Waals surface area contributed by atoms with E-state index in [2.05, 4.69) is 5.32 Å². The monoisotopic (exact) mass is 437 g/mol. The Morgan fingerprint density at radius 2 is 1.81 bits per heavy atom. The van der Waals surface area contributed by atoms with Gasteiger partial charge < -0.3 is 14.8 Å². The number of nitrogens with one attached hydrogen (secondary N) is 1. The zero-order chi connectivity index (χ0) is 22.0. The van der Waals surface area contributed by atoms with E-state index in [9.17, 15) is 9.59 Å². The van der Waals surface area contributed by atoms with Gasteiger partial charge in [-0.3, -0.25) is 4.79 Å². The van der Waals surface area contributed by atoms with Crippen molar-refractivity contribution in [3.63, 3.8) is 0 Å². The number of carbonyl (C=O) groups is 2. The molecule has 0 fully saturated rings. The Bertz CT molecular complexity index is 1070. The maximum Gasteiger partial charge on any atom is 0.337 e. The molecule has 0 saturated heterocycles. The Morgan fingerprint density at radius 3 is 2.48 bits per heavy atom. The van der Waals surface area contributed by atoms with Gasteiger partial charge in [-0.15, -0.1) is 0 Å². The fourth-order valence-electron chi connectivity index (χ4n) is 4.19. The van der Waals surface area contributed by atoms with Crippen molar-refractivity contribution in [2.75, 3.05) is 7.11 Å². The molecule has 0 spiro atoms. The van der Waals surface area contributed by atoms with E-state index < -0.39 is 11.9 Å². The Balaban J connectivity index is 1.65. The summed E-state index contributed by atoms with van der Waals surface area (Å²) in [4.78, 5) is 26.1. The first-order chi connectivity index (χ1) is 15.0. The first kappa shape index (κ1) is 21.2. The second-order valence-electron chi connectivity index (χ2n) is 7.74. The molecule has 1 N–H and O–H groups in total. The summed E-state index contributed by atoms with van der Waals surface area (Å²) in [5.41, 5.74) is 4.45. The molecule has 1 aliphatic heterocycles.